The molecule has 0 radical (unpaired) electrons. The fourth-order valence-electron chi connectivity index (χ4n) is 3.37. The standard InChI is InChI=1S/C18H29NO/c1-12(11-18(3,4)5)8-16(19)14-6-7-17-15(10-14)9-13(2)20-17/h6-7,10,12-13,16H,8-9,11,19H2,1-5H3. The van der Waals surface area contributed by atoms with Crippen molar-refractivity contribution >= 4 is 0 Å². The summed E-state index contributed by atoms with van der Waals surface area (Å²) >= 11 is 0. The molecule has 1 aromatic rings. The van der Waals surface area contributed by atoms with Gasteiger partial charge in [0.1, 0.15) is 11.9 Å². The molecule has 0 aliphatic carbocycles. The Kier molecular flexibility index (Phi) is 4.43. The van der Waals surface area contributed by atoms with Crippen molar-refractivity contribution in [3.63, 3.8) is 0 Å². The molecule has 1 aliphatic rings. The molecule has 3 unspecified atom stereocenters. The van der Waals surface area contributed by atoms with Crippen molar-refractivity contribution in [2.45, 2.75) is 66.0 Å². The number of hydrogen-bond acceptors (Lipinski definition) is 2. The van der Waals surface area contributed by atoms with Crippen LogP contribution in [-0.2, 0) is 6.42 Å². The van der Waals surface area contributed by atoms with Crippen LogP contribution >= 0.6 is 0 Å². The first kappa shape index (κ1) is 15.4. The van der Waals surface area contributed by atoms with E-state index < -0.39 is 0 Å². The molecule has 20 heavy (non-hydrogen) atoms. The van der Waals surface area contributed by atoms with Gasteiger partial charge < -0.3 is 10.5 Å². The highest BCUT2D eigenvalue weighted by atomic mass is 16.5. The quantitative estimate of drug-likeness (QED) is 0.879. The first-order chi connectivity index (χ1) is 9.24. The summed E-state index contributed by atoms with van der Waals surface area (Å²) < 4.78 is 5.75. The Balaban J connectivity index is 2.00. The average Bonchev–Trinajstić information content (AvgIpc) is 2.64. The van der Waals surface area contributed by atoms with Crippen LogP contribution in [0.25, 0.3) is 0 Å². The van der Waals surface area contributed by atoms with Gasteiger partial charge >= 0.3 is 0 Å². The van der Waals surface area contributed by atoms with E-state index in [0.29, 0.717) is 17.4 Å². The molecule has 3 atom stereocenters. The minimum atomic E-state index is 0.133. The third-order valence-electron chi connectivity index (χ3n) is 3.97. The van der Waals surface area contributed by atoms with Gasteiger partial charge in [0, 0.05) is 12.5 Å². The van der Waals surface area contributed by atoms with Gasteiger partial charge in [0.15, 0.2) is 0 Å². The van der Waals surface area contributed by atoms with Crippen LogP contribution in [-0.4, -0.2) is 6.10 Å². The van der Waals surface area contributed by atoms with Crippen molar-refractivity contribution < 1.29 is 4.74 Å². The molecule has 1 aliphatic heterocycles. The first-order valence-electron chi connectivity index (χ1n) is 7.79. The lowest BCUT2D eigenvalue weighted by Crippen LogP contribution is -2.18. The predicted molar refractivity (Wildman–Crippen MR) is 85.0 cm³/mol. The van der Waals surface area contributed by atoms with Crippen molar-refractivity contribution in [3.05, 3.63) is 29.3 Å². The van der Waals surface area contributed by atoms with Crippen LogP contribution < -0.4 is 10.5 Å². The minimum absolute atomic E-state index is 0.133. The van der Waals surface area contributed by atoms with Gasteiger partial charge in [-0.1, -0.05) is 39.8 Å². The smallest absolute Gasteiger partial charge is 0.123 e. The highest BCUT2D eigenvalue weighted by Crippen LogP contribution is 2.33. The van der Waals surface area contributed by atoms with Gasteiger partial charge in [-0.2, -0.15) is 0 Å². The summed E-state index contributed by atoms with van der Waals surface area (Å²) in [6, 6.07) is 6.59. The summed E-state index contributed by atoms with van der Waals surface area (Å²) in [5.41, 5.74) is 9.34. The van der Waals surface area contributed by atoms with Crippen LogP contribution in [0.15, 0.2) is 18.2 Å². The highest BCUT2D eigenvalue weighted by Gasteiger charge is 2.22. The lowest BCUT2D eigenvalue weighted by molar-refractivity contribution is 0.254. The predicted octanol–water partition coefficient (Wildman–Crippen LogP) is 4.47. The normalized spacial score (nSPS) is 21.2. The van der Waals surface area contributed by atoms with Crippen LogP contribution in [0, 0.1) is 11.3 Å². The Morgan fingerprint density at radius 3 is 2.70 bits per heavy atom. The van der Waals surface area contributed by atoms with Crippen LogP contribution in [0.4, 0.5) is 0 Å². The number of benzene rings is 1. The molecule has 2 rings (SSSR count). The third kappa shape index (κ3) is 3.99. The lowest BCUT2D eigenvalue weighted by Gasteiger charge is -2.25. The zero-order valence-corrected chi connectivity index (χ0v) is 13.6. The van der Waals surface area contributed by atoms with E-state index in [1.807, 2.05) is 0 Å². The van der Waals surface area contributed by atoms with Gasteiger partial charge in [0.25, 0.3) is 0 Å². The Bertz CT molecular complexity index is 461. The summed E-state index contributed by atoms with van der Waals surface area (Å²) in [6.07, 6.45) is 3.57. The van der Waals surface area contributed by atoms with Crippen molar-refractivity contribution in [3.8, 4) is 5.75 Å². The maximum absolute atomic E-state index is 6.40. The summed E-state index contributed by atoms with van der Waals surface area (Å²) in [6.45, 7) is 11.3. The van der Waals surface area contributed by atoms with Gasteiger partial charge in [-0.15, -0.1) is 0 Å². The Hall–Kier alpha value is -1.02. The third-order valence-corrected chi connectivity index (χ3v) is 3.97. The lowest BCUT2D eigenvalue weighted by atomic mass is 9.82. The maximum atomic E-state index is 6.40. The molecule has 1 aromatic carbocycles. The number of nitrogens with two attached hydrogens (primary N) is 1. The fourth-order valence-corrected chi connectivity index (χ4v) is 3.37. The van der Waals surface area contributed by atoms with Crippen molar-refractivity contribution in [1.82, 2.24) is 0 Å². The van der Waals surface area contributed by atoms with E-state index in [0.717, 1.165) is 18.6 Å². The van der Waals surface area contributed by atoms with Gasteiger partial charge in [0.2, 0.25) is 0 Å². The topological polar surface area (TPSA) is 35.2 Å². The van der Waals surface area contributed by atoms with Crippen LogP contribution in [0.3, 0.4) is 0 Å². The van der Waals surface area contributed by atoms with Crippen molar-refractivity contribution in [1.29, 1.82) is 0 Å². The second-order valence-corrected chi connectivity index (χ2v) is 7.71. The molecule has 0 aromatic heterocycles. The molecule has 112 valence electrons. The largest absolute Gasteiger partial charge is 0.490 e. The zero-order chi connectivity index (χ0) is 14.9. The molecule has 0 bridgehead atoms. The van der Waals surface area contributed by atoms with Crippen molar-refractivity contribution in [2.75, 3.05) is 0 Å². The number of fused-ring (bicyclic) bond motifs is 1. The molecule has 0 amide bonds. The van der Waals surface area contributed by atoms with E-state index in [9.17, 15) is 0 Å². The molecule has 1 heterocycles. The van der Waals surface area contributed by atoms with Crippen molar-refractivity contribution in [2.24, 2.45) is 17.1 Å². The molecular formula is C18H29NO. The second kappa shape index (κ2) is 5.77. The van der Waals surface area contributed by atoms with Gasteiger partial charge in [-0.25, -0.2) is 0 Å². The summed E-state index contributed by atoms with van der Waals surface area (Å²) in [5.74, 6) is 1.68. The van der Waals surface area contributed by atoms with E-state index in [2.05, 4.69) is 52.8 Å². The van der Waals surface area contributed by atoms with E-state index in [1.54, 1.807) is 0 Å². The molecule has 0 saturated carbocycles. The molecule has 0 saturated heterocycles. The van der Waals surface area contributed by atoms with Crippen LogP contribution in [0.5, 0.6) is 5.75 Å². The fraction of sp³-hybridized carbons (Fsp3) is 0.667. The van der Waals surface area contributed by atoms with Crippen LogP contribution in [0.2, 0.25) is 0 Å². The molecule has 0 spiro atoms. The molecule has 2 nitrogen and oxygen atoms in total. The molecule has 0 fully saturated rings. The minimum Gasteiger partial charge on any atom is -0.490 e. The van der Waals surface area contributed by atoms with Crippen LogP contribution in [0.1, 0.15) is 64.6 Å². The molecular weight excluding hydrogens is 246 g/mol. The van der Waals surface area contributed by atoms with Gasteiger partial charge in [-0.05, 0) is 48.3 Å². The molecule has 2 heteroatoms. The van der Waals surface area contributed by atoms with Gasteiger partial charge in [-0.3, -0.25) is 0 Å². The number of rotatable bonds is 4. The summed E-state index contributed by atoms with van der Waals surface area (Å²) in [7, 11) is 0. The Morgan fingerprint density at radius 1 is 1.35 bits per heavy atom. The maximum Gasteiger partial charge on any atom is 0.123 e. The Morgan fingerprint density at radius 2 is 2.05 bits per heavy atom. The SMILES string of the molecule is CC(CC(N)c1ccc2c(c1)CC(C)O2)CC(C)(C)C. The van der Waals surface area contributed by atoms with E-state index in [-0.39, 0.29) is 6.04 Å². The molecule has 2 N–H and O–H groups in total. The second-order valence-electron chi connectivity index (χ2n) is 7.71. The van der Waals surface area contributed by atoms with Gasteiger partial charge in [0.05, 0.1) is 0 Å². The van der Waals surface area contributed by atoms with E-state index in [1.165, 1.54) is 17.5 Å². The van der Waals surface area contributed by atoms with E-state index >= 15 is 0 Å². The highest BCUT2D eigenvalue weighted by molar-refractivity contribution is 5.41. The monoisotopic (exact) mass is 275 g/mol. The Labute approximate surface area is 123 Å². The summed E-state index contributed by atoms with van der Waals surface area (Å²) in [5, 5.41) is 0. The average molecular weight is 275 g/mol. The first-order valence-corrected chi connectivity index (χ1v) is 7.79. The van der Waals surface area contributed by atoms with E-state index in [4.69, 9.17) is 10.5 Å². The summed E-state index contributed by atoms with van der Waals surface area (Å²) in [4.78, 5) is 0. The number of hydrogen-bond donors (Lipinski definition) is 1. The number of ether oxygens (including phenoxy) is 1. The zero-order valence-electron chi connectivity index (χ0n) is 13.6.